The topological polar surface area (TPSA) is 80.3 Å². The number of fused-ring (bicyclic) bond motifs is 1. The number of hydrogen-bond donors (Lipinski definition) is 2. The van der Waals surface area contributed by atoms with Gasteiger partial charge in [-0.1, -0.05) is 23.7 Å². The summed E-state index contributed by atoms with van der Waals surface area (Å²) in [6.07, 6.45) is 1.43. The summed E-state index contributed by atoms with van der Waals surface area (Å²) in [5.41, 5.74) is 4.15. The maximum Gasteiger partial charge on any atom is 0.265 e. The van der Waals surface area contributed by atoms with Crippen LogP contribution in [0.4, 0.5) is 11.4 Å². The van der Waals surface area contributed by atoms with E-state index in [0.717, 1.165) is 16.7 Å². The van der Waals surface area contributed by atoms with Crippen LogP contribution in [0.25, 0.3) is 11.1 Å². The SMILES string of the molecule is CC(=O)Nc1ccc(NC(=O)C2Cc3c(-c4ccc(Cl)cc4)ccnc3O2)cc1. The molecule has 2 amide bonds. The molecular formula is C22H18ClN3O3. The molecule has 0 aliphatic carbocycles. The number of carbonyl (C=O) groups is 2. The predicted octanol–water partition coefficient (Wildman–Crippen LogP) is 4.30. The number of carbonyl (C=O) groups excluding carboxylic acids is 2. The van der Waals surface area contributed by atoms with Crippen molar-refractivity contribution < 1.29 is 14.3 Å². The average Bonchev–Trinajstić information content (AvgIpc) is 3.14. The number of hydrogen-bond acceptors (Lipinski definition) is 4. The molecule has 2 heterocycles. The van der Waals surface area contributed by atoms with Crippen molar-refractivity contribution in [3.63, 3.8) is 0 Å². The van der Waals surface area contributed by atoms with Gasteiger partial charge in [-0.15, -0.1) is 0 Å². The molecule has 0 saturated carbocycles. The van der Waals surface area contributed by atoms with Crippen LogP contribution in [0.2, 0.25) is 5.02 Å². The van der Waals surface area contributed by atoms with Gasteiger partial charge in [0.05, 0.1) is 0 Å². The van der Waals surface area contributed by atoms with Crippen molar-refractivity contribution in [3.05, 3.63) is 71.4 Å². The number of nitrogens with zero attached hydrogens (tertiary/aromatic N) is 1. The van der Waals surface area contributed by atoms with Gasteiger partial charge in [0.1, 0.15) is 0 Å². The largest absolute Gasteiger partial charge is 0.464 e. The molecule has 1 aliphatic rings. The zero-order chi connectivity index (χ0) is 20.4. The second kappa shape index (κ2) is 7.93. The molecule has 2 N–H and O–H groups in total. The molecule has 6 nitrogen and oxygen atoms in total. The molecule has 1 unspecified atom stereocenters. The minimum Gasteiger partial charge on any atom is -0.464 e. The molecule has 1 aliphatic heterocycles. The van der Waals surface area contributed by atoms with Gasteiger partial charge in [-0.3, -0.25) is 9.59 Å². The van der Waals surface area contributed by atoms with Crippen LogP contribution in [0, 0.1) is 0 Å². The normalized spacial score (nSPS) is 14.6. The van der Waals surface area contributed by atoms with Gasteiger partial charge in [-0.2, -0.15) is 0 Å². The predicted molar refractivity (Wildman–Crippen MR) is 112 cm³/mol. The molecule has 0 radical (unpaired) electrons. The molecule has 2 aromatic carbocycles. The van der Waals surface area contributed by atoms with E-state index in [1.54, 1.807) is 30.5 Å². The number of amides is 2. The van der Waals surface area contributed by atoms with Crippen molar-refractivity contribution in [2.45, 2.75) is 19.4 Å². The zero-order valence-electron chi connectivity index (χ0n) is 15.6. The first kappa shape index (κ1) is 19.0. The highest BCUT2D eigenvalue weighted by Crippen LogP contribution is 2.35. The van der Waals surface area contributed by atoms with Crippen molar-refractivity contribution in [2.75, 3.05) is 10.6 Å². The highest BCUT2D eigenvalue weighted by Gasteiger charge is 2.32. The Kier molecular flexibility index (Phi) is 5.18. The summed E-state index contributed by atoms with van der Waals surface area (Å²) in [5, 5.41) is 6.19. The lowest BCUT2D eigenvalue weighted by Crippen LogP contribution is -2.31. The zero-order valence-corrected chi connectivity index (χ0v) is 16.4. The lowest BCUT2D eigenvalue weighted by atomic mass is 9.99. The number of anilines is 2. The Hall–Kier alpha value is -3.38. The summed E-state index contributed by atoms with van der Waals surface area (Å²) in [7, 11) is 0. The lowest BCUT2D eigenvalue weighted by Gasteiger charge is -2.11. The van der Waals surface area contributed by atoms with Gasteiger partial charge in [0.2, 0.25) is 11.8 Å². The monoisotopic (exact) mass is 407 g/mol. The number of nitrogens with one attached hydrogen (secondary N) is 2. The van der Waals surface area contributed by atoms with Crippen molar-refractivity contribution in [1.82, 2.24) is 4.98 Å². The second-order valence-electron chi connectivity index (χ2n) is 6.71. The van der Waals surface area contributed by atoms with Crippen molar-refractivity contribution >= 4 is 34.8 Å². The van der Waals surface area contributed by atoms with E-state index in [9.17, 15) is 9.59 Å². The van der Waals surface area contributed by atoms with Crippen LogP contribution >= 0.6 is 11.6 Å². The molecule has 1 atom stereocenters. The Morgan fingerprint density at radius 3 is 2.31 bits per heavy atom. The molecule has 0 saturated heterocycles. The van der Waals surface area contributed by atoms with E-state index in [-0.39, 0.29) is 11.8 Å². The standard InChI is InChI=1S/C22H18ClN3O3/c1-13(27)25-16-6-8-17(9-7-16)26-21(28)20-12-19-18(10-11-24-22(19)29-20)14-2-4-15(23)5-3-14/h2-11,20H,12H2,1H3,(H,25,27)(H,26,28). The first-order valence-corrected chi connectivity index (χ1v) is 9.46. The summed E-state index contributed by atoms with van der Waals surface area (Å²) in [6.45, 7) is 1.44. The first-order chi connectivity index (χ1) is 14.0. The third kappa shape index (κ3) is 4.22. The fourth-order valence-electron chi connectivity index (χ4n) is 3.24. The van der Waals surface area contributed by atoms with E-state index in [4.69, 9.17) is 16.3 Å². The third-order valence-electron chi connectivity index (χ3n) is 4.58. The third-order valence-corrected chi connectivity index (χ3v) is 4.83. The Labute approximate surface area is 172 Å². The Balaban J connectivity index is 1.48. The van der Waals surface area contributed by atoms with Crippen LogP contribution in [-0.4, -0.2) is 22.9 Å². The Morgan fingerprint density at radius 2 is 1.66 bits per heavy atom. The molecule has 7 heteroatoms. The fourth-order valence-corrected chi connectivity index (χ4v) is 3.37. The van der Waals surface area contributed by atoms with Crippen LogP contribution in [0.1, 0.15) is 12.5 Å². The van der Waals surface area contributed by atoms with Gasteiger partial charge in [0.15, 0.2) is 6.10 Å². The summed E-state index contributed by atoms with van der Waals surface area (Å²) >= 11 is 5.98. The summed E-state index contributed by atoms with van der Waals surface area (Å²) in [6, 6.07) is 16.3. The molecular weight excluding hydrogens is 390 g/mol. The van der Waals surface area contributed by atoms with Crippen LogP contribution in [-0.2, 0) is 16.0 Å². The number of rotatable bonds is 4. The van der Waals surface area contributed by atoms with Crippen LogP contribution < -0.4 is 15.4 Å². The van der Waals surface area contributed by atoms with E-state index >= 15 is 0 Å². The lowest BCUT2D eigenvalue weighted by molar-refractivity contribution is -0.122. The quantitative estimate of drug-likeness (QED) is 0.675. The van der Waals surface area contributed by atoms with Gasteiger partial charge in [0, 0.05) is 41.5 Å². The number of ether oxygens (including phenoxy) is 1. The van der Waals surface area contributed by atoms with Crippen LogP contribution in [0.3, 0.4) is 0 Å². The van der Waals surface area contributed by atoms with Gasteiger partial charge < -0.3 is 15.4 Å². The van der Waals surface area contributed by atoms with E-state index in [2.05, 4.69) is 15.6 Å². The molecule has 146 valence electrons. The van der Waals surface area contributed by atoms with E-state index in [1.807, 2.05) is 30.3 Å². The molecule has 1 aromatic heterocycles. The molecule has 3 aromatic rings. The van der Waals surface area contributed by atoms with Crippen LogP contribution in [0.15, 0.2) is 60.8 Å². The molecule has 0 spiro atoms. The van der Waals surface area contributed by atoms with E-state index < -0.39 is 6.10 Å². The highest BCUT2D eigenvalue weighted by molar-refractivity contribution is 6.30. The maximum atomic E-state index is 12.7. The number of halogens is 1. The average molecular weight is 408 g/mol. The number of benzene rings is 2. The Morgan fingerprint density at radius 1 is 1.00 bits per heavy atom. The van der Waals surface area contributed by atoms with Gasteiger partial charge in [-0.25, -0.2) is 4.98 Å². The van der Waals surface area contributed by atoms with Crippen molar-refractivity contribution in [1.29, 1.82) is 0 Å². The number of pyridine rings is 1. The molecule has 0 fully saturated rings. The molecule has 4 rings (SSSR count). The van der Waals surface area contributed by atoms with Crippen molar-refractivity contribution in [2.24, 2.45) is 0 Å². The van der Waals surface area contributed by atoms with Crippen molar-refractivity contribution in [3.8, 4) is 17.0 Å². The minimum absolute atomic E-state index is 0.150. The maximum absolute atomic E-state index is 12.7. The second-order valence-corrected chi connectivity index (χ2v) is 7.14. The minimum atomic E-state index is -0.666. The van der Waals surface area contributed by atoms with E-state index in [1.165, 1.54) is 6.92 Å². The first-order valence-electron chi connectivity index (χ1n) is 9.08. The van der Waals surface area contributed by atoms with Gasteiger partial charge in [0.25, 0.3) is 5.91 Å². The summed E-state index contributed by atoms with van der Waals surface area (Å²) < 4.78 is 5.80. The molecule has 0 bridgehead atoms. The smallest absolute Gasteiger partial charge is 0.265 e. The summed E-state index contributed by atoms with van der Waals surface area (Å²) in [5.74, 6) is 0.0684. The van der Waals surface area contributed by atoms with E-state index in [0.29, 0.717) is 28.7 Å². The van der Waals surface area contributed by atoms with Crippen LogP contribution in [0.5, 0.6) is 5.88 Å². The molecule has 29 heavy (non-hydrogen) atoms. The van der Waals surface area contributed by atoms with Gasteiger partial charge >= 0.3 is 0 Å². The summed E-state index contributed by atoms with van der Waals surface area (Å²) in [4.78, 5) is 28.1. The Bertz CT molecular complexity index is 1070. The van der Waals surface area contributed by atoms with Gasteiger partial charge in [-0.05, 0) is 53.6 Å². The fraction of sp³-hybridized carbons (Fsp3) is 0.136. The number of aromatic nitrogens is 1. The highest BCUT2D eigenvalue weighted by atomic mass is 35.5.